The van der Waals surface area contributed by atoms with E-state index >= 15 is 0 Å². The molecule has 0 radical (unpaired) electrons. The van der Waals surface area contributed by atoms with Gasteiger partial charge in [-0.15, -0.1) is 0 Å². The Labute approximate surface area is 125 Å². The Morgan fingerprint density at radius 1 is 1.26 bits per heavy atom. The highest BCUT2D eigenvalue weighted by Gasteiger charge is 2.34. The minimum atomic E-state index is -4.69. The van der Waals surface area contributed by atoms with Gasteiger partial charge in [0.2, 0.25) is 0 Å². The molecule has 2 heterocycles. The standard InChI is InChI=1S/C11H11F6N5O/c1-6(3-23-4-10(12,13)14)20-8-2-7(11(15,16)17)21-9-18-5-19-22(8)9/h2,5-6,20H,3-4H2,1H3. The lowest BCUT2D eigenvalue weighted by Gasteiger charge is -2.17. The third-order valence-electron chi connectivity index (χ3n) is 2.57. The van der Waals surface area contributed by atoms with Gasteiger partial charge in [-0.1, -0.05) is 0 Å². The SMILES string of the molecule is CC(COCC(F)(F)F)Nc1cc(C(F)(F)F)nc2ncnn12. The van der Waals surface area contributed by atoms with Crippen LogP contribution < -0.4 is 5.32 Å². The van der Waals surface area contributed by atoms with Crippen LogP contribution in [0.25, 0.3) is 5.78 Å². The summed E-state index contributed by atoms with van der Waals surface area (Å²) in [7, 11) is 0. The summed E-state index contributed by atoms with van der Waals surface area (Å²) in [6.07, 6.45) is -8.16. The van der Waals surface area contributed by atoms with Crippen LogP contribution in [0.15, 0.2) is 12.4 Å². The largest absolute Gasteiger partial charge is 0.433 e. The fourth-order valence-corrected chi connectivity index (χ4v) is 1.71. The number of hydrogen-bond acceptors (Lipinski definition) is 5. The molecule has 0 spiro atoms. The van der Waals surface area contributed by atoms with E-state index in [2.05, 4.69) is 25.1 Å². The fourth-order valence-electron chi connectivity index (χ4n) is 1.71. The van der Waals surface area contributed by atoms with Crippen molar-refractivity contribution in [3.05, 3.63) is 18.1 Å². The molecule has 2 aromatic heterocycles. The molecular weight excluding hydrogens is 332 g/mol. The molecule has 2 rings (SSSR count). The minimum absolute atomic E-state index is 0.108. The molecule has 0 aliphatic heterocycles. The molecule has 2 aromatic rings. The number of aromatic nitrogens is 4. The van der Waals surface area contributed by atoms with Crippen molar-refractivity contribution in [3.63, 3.8) is 0 Å². The lowest BCUT2D eigenvalue weighted by molar-refractivity contribution is -0.174. The highest BCUT2D eigenvalue weighted by molar-refractivity contribution is 5.46. The first-order chi connectivity index (χ1) is 10.6. The Kier molecular flexibility index (Phi) is 4.63. The number of nitrogens with one attached hydrogen (secondary N) is 1. The number of ether oxygens (including phenoxy) is 1. The van der Waals surface area contributed by atoms with Crippen molar-refractivity contribution in [2.24, 2.45) is 0 Å². The van der Waals surface area contributed by atoms with Crippen LogP contribution in [0, 0.1) is 0 Å². The summed E-state index contributed by atoms with van der Waals surface area (Å²) in [6.45, 7) is -0.353. The van der Waals surface area contributed by atoms with E-state index in [-0.39, 0.29) is 18.2 Å². The molecule has 0 aliphatic rings. The molecule has 0 saturated carbocycles. The van der Waals surface area contributed by atoms with Crippen LogP contribution in [0.1, 0.15) is 12.6 Å². The molecule has 1 N–H and O–H groups in total. The van der Waals surface area contributed by atoms with Crippen molar-refractivity contribution in [2.45, 2.75) is 25.3 Å². The van der Waals surface area contributed by atoms with Crippen LogP contribution in [-0.2, 0) is 10.9 Å². The van der Waals surface area contributed by atoms with Crippen molar-refractivity contribution in [1.82, 2.24) is 19.6 Å². The first-order valence-electron chi connectivity index (χ1n) is 6.25. The van der Waals surface area contributed by atoms with Gasteiger partial charge in [0.25, 0.3) is 5.78 Å². The van der Waals surface area contributed by atoms with E-state index in [1.165, 1.54) is 6.92 Å². The van der Waals surface area contributed by atoms with E-state index in [0.717, 1.165) is 10.8 Å². The van der Waals surface area contributed by atoms with Gasteiger partial charge in [0.15, 0.2) is 5.69 Å². The number of fused-ring (bicyclic) bond motifs is 1. The molecule has 6 nitrogen and oxygen atoms in total. The van der Waals surface area contributed by atoms with Gasteiger partial charge in [-0.05, 0) is 6.92 Å². The van der Waals surface area contributed by atoms with Crippen molar-refractivity contribution in [1.29, 1.82) is 0 Å². The minimum Gasteiger partial charge on any atom is -0.370 e. The van der Waals surface area contributed by atoms with E-state index in [1.807, 2.05) is 0 Å². The number of anilines is 1. The Hall–Kier alpha value is -2.11. The molecule has 0 aliphatic carbocycles. The maximum Gasteiger partial charge on any atom is 0.433 e. The molecule has 0 saturated heterocycles. The second-order valence-corrected chi connectivity index (χ2v) is 4.67. The molecule has 12 heteroatoms. The third kappa shape index (κ3) is 4.68. The number of halogens is 6. The monoisotopic (exact) mass is 343 g/mol. The second-order valence-electron chi connectivity index (χ2n) is 4.67. The van der Waals surface area contributed by atoms with Gasteiger partial charge in [0.05, 0.1) is 6.61 Å². The van der Waals surface area contributed by atoms with Crippen molar-refractivity contribution >= 4 is 11.6 Å². The Balaban J connectivity index is 2.14. The van der Waals surface area contributed by atoms with Crippen molar-refractivity contribution in [2.75, 3.05) is 18.5 Å². The number of rotatable bonds is 5. The number of hydrogen-bond donors (Lipinski definition) is 1. The molecule has 23 heavy (non-hydrogen) atoms. The highest BCUT2D eigenvalue weighted by Crippen LogP contribution is 2.29. The number of alkyl halides is 6. The number of nitrogens with zero attached hydrogens (tertiary/aromatic N) is 4. The summed E-state index contributed by atoms with van der Waals surface area (Å²) in [4.78, 5) is 6.89. The summed E-state index contributed by atoms with van der Waals surface area (Å²) in [5, 5.41) is 6.30. The summed E-state index contributed by atoms with van der Waals surface area (Å²) in [6, 6.07) is -0.00434. The van der Waals surface area contributed by atoms with E-state index in [0.29, 0.717) is 6.07 Å². The maximum atomic E-state index is 12.8. The predicted octanol–water partition coefficient (Wildman–Crippen LogP) is 2.52. The summed E-state index contributed by atoms with van der Waals surface area (Å²) in [5.41, 5.74) is -1.19. The van der Waals surface area contributed by atoms with Gasteiger partial charge in [-0.25, -0.2) is 4.98 Å². The Bertz CT molecular complexity index is 667. The zero-order valence-electron chi connectivity index (χ0n) is 11.6. The first-order valence-corrected chi connectivity index (χ1v) is 6.25. The van der Waals surface area contributed by atoms with E-state index in [4.69, 9.17) is 0 Å². The van der Waals surface area contributed by atoms with Gasteiger partial charge < -0.3 is 10.1 Å². The Morgan fingerprint density at radius 3 is 2.57 bits per heavy atom. The lowest BCUT2D eigenvalue weighted by atomic mass is 10.3. The molecule has 0 aromatic carbocycles. The zero-order valence-corrected chi connectivity index (χ0v) is 11.6. The van der Waals surface area contributed by atoms with Crippen molar-refractivity contribution in [3.8, 4) is 0 Å². The quantitative estimate of drug-likeness (QED) is 0.846. The van der Waals surface area contributed by atoms with E-state index in [9.17, 15) is 26.3 Å². The van der Waals surface area contributed by atoms with Crippen LogP contribution in [-0.4, -0.2) is 45.0 Å². The molecule has 128 valence electrons. The smallest absolute Gasteiger partial charge is 0.370 e. The third-order valence-corrected chi connectivity index (χ3v) is 2.57. The summed E-state index contributed by atoms with van der Waals surface area (Å²) >= 11 is 0. The molecule has 1 atom stereocenters. The predicted molar refractivity (Wildman–Crippen MR) is 65.7 cm³/mol. The highest BCUT2D eigenvalue weighted by atomic mass is 19.4. The average Bonchev–Trinajstić information content (AvgIpc) is 2.84. The van der Waals surface area contributed by atoms with Gasteiger partial charge in [0, 0.05) is 12.1 Å². The summed E-state index contributed by atoms with van der Waals surface area (Å²) < 4.78 is 79.7. The fraction of sp³-hybridized carbons (Fsp3) is 0.545. The maximum absolute atomic E-state index is 12.8. The van der Waals surface area contributed by atoms with Crippen molar-refractivity contribution < 1.29 is 31.1 Å². The first kappa shape index (κ1) is 17.2. The van der Waals surface area contributed by atoms with Crippen LogP contribution in [0.4, 0.5) is 32.2 Å². The van der Waals surface area contributed by atoms with Gasteiger partial charge in [0.1, 0.15) is 18.8 Å². The topological polar surface area (TPSA) is 64.3 Å². The average molecular weight is 343 g/mol. The normalized spacial score (nSPS) is 14.2. The van der Waals surface area contributed by atoms with Gasteiger partial charge in [-0.3, -0.25) is 0 Å². The lowest BCUT2D eigenvalue weighted by Crippen LogP contribution is -2.27. The summed E-state index contributed by atoms with van der Waals surface area (Å²) in [5.74, 6) is -0.395. The Morgan fingerprint density at radius 2 is 1.96 bits per heavy atom. The molecular formula is C11H11F6N5O. The van der Waals surface area contributed by atoms with E-state index in [1.54, 1.807) is 0 Å². The molecule has 0 bridgehead atoms. The van der Waals surface area contributed by atoms with E-state index < -0.39 is 30.7 Å². The molecule has 0 amide bonds. The van der Waals surface area contributed by atoms with Crippen LogP contribution in [0.2, 0.25) is 0 Å². The van der Waals surface area contributed by atoms with Crippen LogP contribution in [0.3, 0.4) is 0 Å². The van der Waals surface area contributed by atoms with Crippen LogP contribution in [0.5, 0.6) is 0 Å². The molecule has 1 unspecified atom stereocenters. The zero-order chi connectivity index (χ0) is 17.3. The van der Waals surface area contributed by atoms with Gasteiger partial charge >= 0.3 is 12.4 Å². The molecule has 0 fully saturated rings. The second kappa shape index (κ2) is 6.18. The van der Waals surface area contributed by atoms with Gasteiger partial charge in [-0.2, -0.15) is 40.9 Å². The van der Waals surface area contributed by atoms with Crippen LogP contribution >= 0.6 is 0 Å².